The standard InChI is InChI=1S/C16H25N3O2/c1-17-13-5-3-4-6-14-12(13)11-18-15(19-14)16(20-2)7-9-21-10-8-16/h11,13,17H,3-10H2,1-2H3. The van der Waals surface area contributed by atoms with Gasteiger partial charge in [-0.1, -0.05) is 6.42 Å². The Labute approximate surface area is 126 Å². The quantitative estimate of drug-likeness (QED) is 0.865. The first kappa shape index (κ1) is 14.9. The van der Waals surface area contributed by atoms with E-state index in [1.807, 2.05) is 13.2 Å². The summed E-state index contributed by atoms with van der Waals surface area (Å²) < 4.78 is 11.3. The zero-order chi connectivity index (χ0) is 14.7. The van der Waals surface area contributed by atoms with Crippen molar-refractivity contribution >= 4 is 0 Å². The summed E-state index contributed by atoms with van der Waals surface area (Å²) in [7, 11) is 3.78. The smallest absolute Gasteiger partial charge is 0.160 e. The van der Waals surface area contributed by atoms with Gasteiger partial charge in [-0.2, -0.15) is 0 Å². The molecule has 0 amide bonds. The summed E-state index contributed by atoms with van der Waals surface area (Å²) in [6.45, 7) is 1.43. The molecule has 3 rings (SSSR count). The maximum absolute atomic E-state index is 5.82. The average molecular weight is 291 g/mol. The molecular formula is C16H25N3O2. The number of ether oxygens (including phenoxy) is 2. The molecule has 5 heteroatoms. The number of nitrogens with one attached hydrogen (secondary N) is 1. The van der Waals surface area contributed by atoms with E-state index in [1.165, 1.54) is 24.1 Å². The molecule has 1 saturated heterocycles. The monoisotopic (exact) mass is 291 g/mol. The highest BCUT2D eigenvalue weighted by atomic mass is 16.5. The van der Waals surface area contributed by atoms with Crippen LogP contribution in [0.5, 0.6) is 0 Å². The molecule has 1 fully saturated rings. The largest absolute Gasteiger partial charge is 0.381 e. The van der Waals surface area contributed by atoms with Gasteiger partial charge in [0.25, 0.3) is 0 Å². The van der Waals surface area contributed by atoms with E-state index < -0.39 is 0 Å². The van der Waals surface area contributed by atoms with Crippen molar-refractivity contribution in [2.24, 2.45) is 0 Å². The fourth-order valence-corrected chi connectivity index (χ4v) is 3.45. The number of fused-ring (bicyclic) bond motifs is 1. The van der Waals surface area contributed by atoms with Crippen LogP contribution in [0.15, 0.2) is 6.20 Å². The van der Waals surface area contributed by atoms with Crippen LogP contribution in [0.3, 0.4) is 0 Å². The number of methoxy groups -OCH3 is 1. The number of aromatic nitrogens is 2. The minimum Gasteiger partial charge on any atom is -0.381 e. The molecule has 1 aliphatic heterocycles. The maximum atomic E-state index is 5.82. The van der Waals surface area contributed by atoms with Crippen LogP contribution in [-0.4, -0.2) is 37.3 Å². The van der Waals surface area contributed by atoms with E-state index in [0.717, 1.165) is 31.5 Å². The van der Waals surface area contributed by atoms with Gasteiger partial charge in [0, 0.05) is 56.7 Å². The van der Waals surface area contributed by atoms with Gasteiger partial charge in [0.2, 0.25) is 0 Å². The second kappa shape index (κ2) is 6.38. The molecule has 5 nitrogen and oxygen atoms in total. The third kappa shape index (κ3) is 2.82. The lowest BCUT2D eigenvalue weighted by atomic mass is 9.92. The Morgan fingerprint density at radius 1 is 1.33 bits per heavy atom. The van der Waals surface area contributed by atoms with Crippen LogP contribution in [0.25, 0.3) is 0 Å². The van der Waals surface area contributed by atoms with E-state index in [0.29, 0.717) is 19.3 Å². The molecule has 1 aromatic rings. The average Bonchev–Trinajstić information content (AvgIpc) is 2.76. The van der Waals surface area contributed by atoms with Gasteiger partial charge in [-0.15, -0.1) is 0 Å². The molecule has 2 aliphatic rings. The van der Waals surface area contributed by atoms with E-state index >= 15 is 0 Å². The molecule has 0 radical (unpaired) electrons. The summed E-state index contributed by atoms with van der Waals surface area (Å²) in [5.74, 6) is 0.837. The SMILES string of the molecule is CNC1CCCCc2nc(C3(OC)CCOCC3)ncc21. The molecule has 1 unspecified atom stereocenters. The second-order valence-corrected chi connectivity index (χ2v) is 5.99. The van der Waals surface area contributed by atoms with Crippen molar-refractivity contribution in [1.82, 2.24) is 15.3 Å². The summed E-state index contributed by atoms with van der Waals surface area (Å²) in [4.78, 5) is 9.57. The van der Waals surface area contributed by atoms with Crippen LogP contribution < -0.4 is 5.32 Å². The Morgan fingerprint density at radius 2 is 2.14 bits per heavy atom. The minimum atomic E-state index is -0.366. The summed E-state index contributed by atoms with van der Waals surface area (Å²) in [6, 6.07) is 0.379. The van der Waals surface area contributed by atoms with Crippen LogP contribution in [0.4, 0.5) is 0 Å². The van der Waals surface area contributed by atoms with Gasteiger partial charge in [0.15, 0.2) is 5.82 Å². The van der Waals surface area contributed by atoms with Crippen molar-refractivity contribution in [2.75, 3.05) is 27.4 Å². The van der Waals surface area contributed by atoms with E-state index in [2.05, 4.69) is 10.3 Å². The first-order valence-corrected chi connectivity index (χ1v) is 7.95. The van der Waals surface area contributed by atoms with Gasteiger partial charge in [-0.3, -0.25) is 0 Å². The number of hydrogen-bond donors (Lipinski definition) is 1. The summed E-state index contributed by atoms with van der Waals surface area (Å²) in [6.07, 6.45) is 8.32. The first-order chi connectivity index (χ1) is 10.3. The lowest BCUT2D eigenvalue weighted by Gasteiger charge is -2.34. The van der Waals surface area contributed by atoms with E-state index in [9.17, 15) is 0 Å². The molecule has 1 aliphatic carbocycles. The van der Waals surface area contributed by atoms with Crippen molar-refractivity contribution in [2.45, 2.75) is 50.2 Å². The van der Waals surface area contributed by atoms with Gasteiger partial charge in [-0.25, -0.2) is 9.97 Å². The molecule has 0 saturated carbocycles. The zero-order valence-electron chi connectivity index (χ0n) is 13.0. The molecule has 0 aromatic carbocycles. The highest BCUT2D eigenvalue weighted by molar-refractivity contribution is 5.25. The Morgan fingerprint density at radius 3 is 2.86 bits per heavy atom. The van der Waals surface area contributed by atoms with Crippen molar-refractivity contribution in [3.05, 3.63) is 23.3 Å². The van der Waals surface area contributed by atoms with Crippen molar-refractivity contribution < 1.29 is 9.47 Å². The fraction of sp³-hybridized carbons (Fsp3) is 0.750. The summed E-state index contributed by atoms with van der Waals surface area (Å²) >= 11 is 0. The molecular weight excluding hydrogens is 266 g/mol. The van der Waals surface area contributed by atoms with E-state index in [1.54, 1.807) is 7.11 Å². The fourth-order valence-electron chi connectivity index (χ4n) is 3.45. The van der Waals surface area contributed by atoms with Gasteiger partial charge >= 0.3 is 0 Å². The van der Waals surface area contributed by atoms with Crippen LogP contribution in [0, 0.1) is 0 Å². The van der Waals surface area contributed by atoms with Gasteiger partial charge in [-0.05, 0) is 26.3 Å². The molecule has 1 atom stereocenters. The third-order valence-corrected chi connectivity index (χ3v) is 4.88. The van der Waals surface area contributed by atoms with E-state index in [4.69, 9.17) is 14.5 Å². The van der Waals surface area contributed by atoms with Crippen LogP contribution in [-0.2, 0) is 21.5 Å². The molecule has 0 spiro atoms. The predicted octanol–water partition coefficient (Wildman–Crippen LogP) is 2.12. The highest BCUT2D eigenvalue weighted by Gasteiger charge is 2.38. The minimum absolute atomic E-state index is 0.366. The first-order valence-electron chi connectivity index (χ1n) is 7.95. The molecule has 2 heterocycles. The summed E-state index contributed by atoms with van der Waals surface area (Å²) in [5.41, 5.74) is 2.09. The Kier molecular flexibility index (Phi) is 4.52. The number of nitrogens with zero attached hydrogens (tertiary/aromatic N) is 2. The lowest BCUT2D eigenvalue weighted by Crippen LogP contribution is -2.37. The molecule has 1 aromatic heterocycles. The van der Waals surface area contributed by atoms with Gasteiger partial charge in [0.05, 0.1) is 0 Å². The Hall–Kier alpha value is -1.04. The van der Waals surface area contributed by atoms with Crippen molar-refractivity contribution in [3.8, 4) is 0 Å². The van der Waals surface area contributed by atoms with E-state index in [-0.39, 0.29) is 5.60 Å². The van der Waals surface area contributed by atoms with Gasteiger partial charge in [0.1, 0.15) is 5.60 Å². The van der Waals surface area contributed by atoms with Crippen LogP contribution in [0.1, 0.15) is 55.2 Å². The maximum Gasteiger partial charge on any atom is 0.160 e. The van der Waals surface area contributed by atoms with Crippen LogP contribution in [0.2, 0.25) is 0 Å². The number of rotatable bonds is 3. The topological polar surface area (TPSA) is 56.3 Å². The molecule has 116 valence electrons. The Bertz CT molecular complexity index is 486. The van der Waals surface area contributed by atoms with Gasteiger partial charge < -0.3 is 14.8 Å². The molecule has 21 heavy (non-hydrogen) atoms. The lowest BCUT2D eigenvalue weighted by molar-refractivity contribution is -0.100. The van der Waals surface area contributed by atoms with Crippen molar-refractivity contribution in [3.63, 3.8) is 0 Å². The number of aryl methyl sites for hydroxylation is 1. The third-order valence-electron chi connectivity index (χ3n) is 4.88. The number of hydrogen-bond acceptors (Lipinski definition) is 5. The highest BCUT2D eigenvalue weighted by Crippen LogP contribution is 2.35. The Balaban J connectivity index is 1.96. The van der Waals surface area contributed by atoms with Crippen LogP contribution >= 0.6 is 0 Å². The summed E-state index contributed by atoms with van der Waals surface area (Å²) in [5, 5.41) is 3.39. The second-order valence-electron chi connectivity index (χ2n) is 5.99. The molecule has 0 bridgehead atoms. The van der Waals surface area contributed by atoms with Crippen molar-refractivity contribution in [1.29, 1.82) is 0 Å². The normalized spacial score (nSPS) is 25.1. The molecule has 1 N–H and O–H groups in total. The zero-order valence-corrected chi connectivity index (χ0v) is 13.0. The predicted molar refractivity (Wildman–Crippen MR) is 80.1 cm³/mol.